The van der Waals surface area contributed by atoms with Gasteiger partial charge in [0.2, 0.25) is 0 Å². The van der Waals surface area contributed by atoms with E-state index in [1.54, 1.807) is 17.0 Å². The summed E-state index contributed by atoms with van der Waals surface area (Å²) in [5, 5.41) is 0.697. The van der Waals surface area contributed by atoms with Crippen LogP contribution in [0, 0.1) is 13.8 Å². The fourth-order valence-electron chi connectivity index (χ4n) is 3.71. The van der Waals surface area contributed by atoms with Gasteiger partial charge in [-0.05, 0) is 65.2 Å². The van der Waals surface area contributed by atoms with Crippen molar-refractivity contribution in [1.82, 2.24) is 4.90 Å². The average Bonchev–Trinajstić information content (AvgIpc) is 2.70. The molecule has 1 aromatic heterocycles. The Morgan fingerprint density at radius 2 is 1.76 bits per heavy atom. The molecule has 0 unspecified atom stereocenters. The lowest BCUT2D eigenvalue weighted by Crippen LogP contribution is -2.49. The van der Waals surface area contributed by atoms with E-state index in [4.69, 9.17) is 4.42 Å². The first kappa shape index (κ1) is 20.2. The molecule has 1 aliphatic rings. The predicted molar refractivity (Wildman–Crippen MR) is 122 cm³/mol. The minimum Gasteiger partial charge on any atom is -0.421 e. The molecule has 4 rings (SSSR count). The Morgan fingerprint density at radius 1 is 1.03 bits per heavy atom. The number of nitrogens with zero attached hydrogens (tertiary/aromatic N) is 2. The minimum atomic E-state index is -0.609. The molecule has 1 amide bonds. The number of amides is 1. The van der Waals surface area contributed by atoms with Gasteiger partial charge in [-0.3, -0.25) is 4.79 Å². The summed E-state index contributed by atoms with van der Waals surface area (Å²) >= 11 is 6.83. The van der Waals surface area contributed by atoms with Gasteiger partial charge in [0, 0.05) is 41.7 Å². The fourth-order valence-corrected chi connectivity index (χ4v) is 5.04. The Kier molecular flexibility index (Phi) is 5.53. The van der Waals surface area contributed by atoms with E-state index in [2.05, 4.69) is 68.8 Å². The first-order chi connectivity index (χ1) is 13.8. The molecule has 3 aromatic rings. The predicted octanol–water partition coefficient (Wildman–Crippen LogP) is 4.90. The SMILES string of the molecule is Cc1cccc(N2CCN(C(=O)c3cc4cc(Br)cc(Br)c4oc3=O)CC2)c1C. The van der Waals surface area contributed by atoms with E-state index in [1.807, 2.05) is 6.07 Å². The molecule has 2 aromatic carbocycles. The number of piperazine rings is 1. The highest BCUT2D eigenvalue weighted by Gasteiger charge is 2.26. The Hall–Kier alpha value is -2.12. The molecule has 1 aliphatic heterocycles. The van der Waals surface area contributed by atoms with Gasteiger partial charge >= 0.3 is 5.63 Å². The van der Waals surface area contributed by atoms with Crippen LogP contribution in [-0.2, 0) is 0 Å². The summed E-state index contributed by atoms with van der Waals surface area (Å²) in [6.07, 6.45) is 0. The summed E-state index contributed by atoms with van der Waals surface area (Å²) in [5.41, 5.74) is 3.63. The first-order valence-corrected chi connectivity index (χ1v) is 11.0. The van der Waals surface area contributed by atoms with Crippen LogP contribution in [0.2, 0.25) is 0 Å². The van der Waals surface area contributed by atoms with Gasteiger partial charge in [0.1, 0.15) is 5.56 Å². The van der Waals surface area contributed by atoms with Gasteiger partial charge in [-0.15, -0.1) is 0 Å². The molecule has 2 heterocycles. The molecule has 1 fully saturated rings. The number of carbonyl (C=O) groups is 1. The second-order valence-corrected chi connectivity index (χ2v) is 9.02. The highest BCUT2D eigenvalue weighted by Crippen LogP contribution is 2.28. The van der Waals surface area contributed by atoms with Crippen molar-refractivity contribution in [2.75, 3.05) is 31.1 Å². The van der Waals surface area contributed by atoms with Gasteiger partial charge in [0.25, 0.3) is 5.91 Å². The monoisotopic (exact) mass is 518 g/mol. The molecule has 7 heteroatoms. The van der Waals surface area contributed by atoms with Gasteiger partial charge in [-0.1, -0.05) is 28.1 Å². The van der Waals surface area contributed by atoms with E-state index in [1.165, 1.54) is 16.8 Å². The normalized spacial score (nSPS) is 14.5. The van der Waals surface area contributed by atoms with E-state index < -0.39 is 5.63 Å². The average molecular weight is 520 g/mol. The Bertz CT molecular complexity index is 1160. The number of rotatable bonds is 2. The third-order valence-corrected chi connectivity index (χ3v) is 6.51. The topological polar surface area (TPSA) is 53.8 Å². The molecule has 0 spiro atoms. The van der Waals surface area contributed by atoms with Crippen LogP contribution in [0.25, 0.3) is 11.0 Å². The van der Waals surface area contributed by atoms with Gasteiger partial charge in [-0.2, -0.15) is 0 Å². The van der Waals surface area contributed by atoms with Crippen molar-refractivity contribution in [1.29, 1.82) is 0 Å². The molecular formula is C22H20Br2N2O3. The number of aryl methyl sites for hydroxylation is 1. The van der Waals surface area contributed by atoms with Crippen molar-refractivity contribution < 1.29 is 9.21 Å². The quantitative estimate of drug-likeness (QED) is 0.452. The van der Waals surface area contributed by atoms with Crippen LogP contribution in [0.5, 0.6) is 0 Å². The molecule has 0 saturated carbocycles. The van der Waals surface area contributed by atoms with Crippen LogP contribution in [0.3, 0.4) is 0 Å². The summed E-state index contributed by atoms with van der Waals surface area (Å²) in [6, 6.07) is 11.5. The summed E-state index contributed by atoms with van der Waals surface area (Å²) in [4.78, 5) is 29.5. The molecule has 5 nitrogen and oxygen atoms in total. The van der Waals surface area contributed by atoms with Crippen molar-refractivity contribution in [3.63, 3.8) is 0 Å². The van der Waals surface area contributed by atoms with E-state index >= 15 is 0 Å². The highest BCUT2D eigenvalue weighted by atomic mass is 79.9. The zero-order chi connectivity index (χ0) is 20.7. The maximum absolute atomic E-state index is 13.0. The van der Waals surface area contributed by atoms with Gasteiger partial charge < -0.3 is 14.2 Å². The number of hydrogen-bond donors (Lipinski definition) is 0. The van der Waals surface area contributed by atoms with Crippen molar-refractivity contribution in [3.8, 4) is 0 Å². The smallest absolute Gasteiger partial charge is 0.349 e. The van der Waals surface area contributed by atoms with Gasteiger partial charge in [0.05, 0.1) is 4.47 Å². The number of halogens is 2. The third-order valence-electron chi connectivity index (χ3n) is 5.47. The molecule has 0 atom stereocenters. The molecular weight excluding hydrogens is 500 g/mol. The molecule has 0 N–H and O–H groups in total. The standard InChI is InChI=1S/C22H20Br2N2O3/c1-13-4-3-5-19(14(13)2)25-6-8-26(9-7-25)21(27)17-11-15-10-16(23)12-18(24)20(15)29-22(17)28/h3-5,10-12H,6-9H2,1-2H3. The van der Waals surface area contributed by atoms with Crippen molar-refractivity contribution in [3.05, 3.63) is 72.5 Å². The second-order valence-electron chi connectivity index (χ2n) is 7.25. The molecule has 150 valence electrons. The van der Waals surface area contributed by atoms with Gasteiger partial charge in [-0.25, -0.2) is 4.79 Å². The van der Waals surface area contributed by atoms with Crippen LogP contribution in [0.1, 0.15) is 21.5 Å². The Labute approximate surface area is 185 Å². The van der Waals surface area contributed by atoms with Crippen LogP contribution in [0.4, 0.5) is 5.69 Å². The maximum atomic E-state index is 13.0. The lowest BCUT2D eigenvalue weighted by Gasteiger charge is -2.37. The molecule has 0 bridgehead atoms. The molecule has 0 aliphatic carbocycles. The Morgan fingerprint density at radius 3 is 2.48 bits per heavy atom. The van der Waals surface area contributed by atoms with Crippen LogP contribution < -0.4 is 10.5 Å². The van der Waals surface area contributed by atoms with E-state index in [-0.39, 0.29) is 11.5 Å². The van der Waals surface area contributed by atoms with E-state index in [0.29, 0.717) is 28.5 Å². The number of fused-ring (bicyclic) bond motifs is 1. The largest absolute Gasteiger partial charge is 0.421 e. The summed E-state index contributed by atoms with van der Waals surface area (Å²) in [6.45, 7) is 6.81. The number of benzene rings is 2. The summed E-state index contributed by atoms with van der Waals surface area (Å²) in [5.74, 6) is -0.280. The molecule has 1 saturated heterocycles. The zero-order valence-electron chi connectivity index (χ0n) is 16.2. The van der Waals surface area contributed by atoms with Gasteiger partial charge in [0.15, 0.2) is 5.58 Å². The minimum absolute atomic E-state index is 0.0719. The van der Waals surface area contributed by atoms with E-state index in [9.17, 15) is 9.59 Å². The highest BCUT2D eigenvalue weighted by molar-refractivity contribution is 9.11. The number of carbonyl (C=O) groups excluding carboxylic acids is 1. The van der Waals surface area contributed by atoms with Crippen molar-refractivity contribution >= 4 is 54.4 Å². The summed E-state index contributed by atoms with van der Waals surface area (Å²) in [7, 11) is 0. The van der Waals surface area contributed by atoms with Crippen molar-refractivity contribution in [2.45, 2.75) is 13.8 Å². The number of hydrogen-bond acceptors (Lipinski definition) is 4. The fraction of sp³-hybridized carbons (Fsp3) is 0.273. The Balaban J connectivity index is 1.56. The van der Waals surface area contributed by atoms with Crippen LogP contribution in [-0.4, -0.2) is 37.0 Å². The molecule has 29 heavy (non-hydrogen) atoms. The third kappa shape index (κ3) is 3.85. The maximum Gasteiger partial charge on any atom is 0.349 e. The second kappa shape index (κ2) is 7.95. The van der Waals surface area contributed by atoms with Crippen LogP contribution in [0.15, 0.2) is 54.6 Å². The lowest BCUT2D eigenvalue weighted by atomic mass is 10.1. The lowest BCUT2D eigenvalue weighted by molar-refractivity contribution is 0.0742. The van der Waals surface area contributed by atoms with Crippen molar-refractivity contribution in [2.24, 2.45) is 0 Å². The van der Waals surface area contributed by atoms with E-state index in [0.717, 1.165) is 17.6 Å². The zero-order valence-corrected chi connectivity index (χ0v) is 19.3. The van der Waals surface area contributed by atoms with Crippen LogP contribution >= 0.6 is 31.9 Å². The summed E-state index contributed by atoms with van der Waals surface area (Å²) < 4.78 is 6.93. The molecule has 0 radical (unpaired) electrons. The number of anilines is 1. The first-order valence-electron chi connectivity index (χ1n) is 9.38.